The molecule has 61 heavy (non-hydrogen) atoms. The average Bonchev–Trinajstić information content (AvgIpc) is 3.88. The minimum Gasteiger partial charge on any atom is -0.456 e. The molecule has 10 aromatic carbocycles. The van der Waals surface area contributed by atoms with Gasteiger partial charge in [0.05, 0.1) is 11.0 Å². The summed E-state index contributed by atoms with van der Waals surface area (Å²) in [6, 6.07) is 83.0. The molecule has 0 amide bonds. The summed E-state index contributed by atoms with van der Waals surface area (Å²) in [5.41, 5.74) is 15.6. The predicted molar refractivity (Wildman–Crippen MR) is 257 cm³/mol. The molecule has 2 heterocycles. The second kappa shape index (κ2) is 14.3. The molecule has 3 nitrogen and oxygen atoms in total. The Morgan fingerprint density at radius 3 is 1.52 bits per heavy atom. The third-order valence-electron chi connectivity index (χ3n) is 12.2. The third kappa shape index (κ3) is 5.98. The van der Waals surface area contributed by atoms with Gasteiger partial charge in [-0.25, -0.2) is 0 Å². The lowest BCUT2D eigenvalue weighted by molar-refractivity contribution is 0.669. The summed E-state index contributed by atoms with van der Waals surface area (Å²) in [4.78, 5) is 2.35. The van der Waals surface area contributed by atoms with Crippen molar-refractivity contribution in [1.29, 1.82) is 0 Å². The molecular weight excluding hydrogens is 741 g/mol. The van der Waals surface area contributed by atoms with Crippen molar-refractivity contribution in [1.82, 2.24) is 4.57 Å². The fourth-order valence-corrected chi connectivity index (χ4v) is 9.25. The number of aromatic nitrogens is 1. The molecule has 0 aliphatic rings. The molecule has 3 heteroatoms. The van der Waals surface area contributed by atoms with E-state index < -0.39 is 0 Å². The fourth-order valence-electron chi connectivity index (χ4n) is 9.25. The van der Waals surface area contributed by atoms with Crippen molar-refractivity contribution < 1.29 is 4.42 Å². The van der Waals surface area contributed by atoms with Gasteiger partial charge in [0.15, 0.2) is 0 Å². The number of furan rings is 1. The first-order chi connectivity index (χ1) is 30.2. The van der Waals surface area contributed by atoms with Gasteiger partial charge in [0.2, 0.25) is 0 Å². The van der Waals surface area contributed by atoms with E-state index in [1.807, 2.05) is 12.1 Å². The van der Waals surface area contributed by atoms with Crippen molar-refractivity contribution in [2.24, 2.45) is 0 Å². The number of hydrogen-bond donors (Lipinski definition) is 0. The Labute approximate surface area is 353 Å². The first-order valence-corrected chi connectivity index (χ1v) is 20.8. The number of rotatable bonds is 7. The van der Waals surface area contributed by atoms with E-state index in [0.717, 1.165) is 61.4 Å². The van der Waals surface area contributed by atoms with E-state index in [2.05, 4.69) is 228 Å². The number of fused-ring (bicyclic) bond motifs is 7. The number of hydrogen-bond acceptors (Lipinski definition) is 2. The molecule has 0 aliphatic heterocycles. The number of nitrogens with zero attached hydrogens (tertiary/aromatic N) is 2. The van der Waals surface area contributed by atoms with Gasteiger partial charge in [-0.2, -0.15) is 0 Å². The van der Waals surface area contributed by atoms with Crippen LogP contribution in [0.2, 0.25) is 0 Å². The smallest absolute Gasteiger partial charge is 0.136 e. The van der Waals surface area contributed by atoms with Gasteiger partial charge in [-0.15, -0.1) is 0 Å². The van der Waals surface area contributed by atoms with Gasteiger partial charge in [0, 0.05) is 44.3 Å². The van der Waals surface area contributed by atoms with Crippen LogP contribution >= 0.6 is 0 Å². The largest absolute Gasteiger partial charge is 0.456 e. The van der Waals surface area contributed by atoms with Crippen LogP contribution in [0.4, 0.5) is 17.1 Å². The van der Waals surface area contributed by atoms with E-state index >= 15 is 0 Å². The zero-order valence-corrected chi connectivity index (χ0v) is 33.2. The summed E-state index contributed by atoms with van der Waals surface area (Å²) < 4.78 is 8.61. The summed E-state index contributed by atoms with van der Waals surface area (Å²) in [6.07, 6.45) is 0. The third-order valence-corrected chi connectivity index (χ3v) is 12.2. The van der Waals surface area contributed by atoms with Crippen molar-refractivity contribution in [3.05, 3.63) is 231 Å². The van der Waals surface area contributed by atoms with Crippen LogP contribution in [0.25, 0.3) is 93.6 Å². The minimum atomic E-state index is 0.905. The van der Waals surface area contributed by atoms with Gasteiger partial charge >= 0.3 is 0 Å². The Balaban J connectivity index is 0.931. The lowest BCUT2D eigenvalue weighted by Crippen LogP contribution is -2.10. The van der Waals surface area contributed by atoms with E-state index in [0.29, 0.717) is 0 Å². The molecule has 0 unspecified atom stereocenters. The number of para-hydroxylation sites is 3. The van der Waals surface area contributed by atoms with Gasteiger partial charge in [-0.3, -0.25) is 0 Å². The van der Waals surface area contributed by atoms with Gasteiger partial charge in [-0.1, -0.05) is 146 Å². The summed E-state index contributed by atoms with van der Waals surface area (Å²) in [5, 5.41) is 7.29. The molecule has 0 saturated heterocycles. The van der Waals surface area contributed by atoms with Crippen molar-refractivity contribution in [3.8, 4) is 39.1 Å². The average molecular weight is 779 g/mol. The topological polar surface area (TPSA) is 21.3 Å². The summed E-state index contributed by atoms with van der Waals surface area (Å²) in [6.45, 7) is 0. The van der Waals surface area contributed by atoms with Crippen LogP contribution in [-0.2, 0) is 0 Å². The molecule has 0 spiro atoms. The summed E-state index contributed by atoms with van der Waals surface area (Å²) in [5.74, 6) is 0. The van der Waals surface area contributed by atoms with Crippen LogP contribution in [0.3, 0.4) is 0 Å². The Hall–Kier alpha value is -8.14. The number of benzene rings is 10. The molecule has 12 rings (SSSR count). The molecule has 0 radical (unpaired) electrons. The Kier molecular flexibility index (Phi) is 8.17. The minimum absolute atomic E-state index is 0.905. The first kappa shape index (κ1) is 34.9. The first-order valence-electron chi connectivity index (χ1n) is 20.8. The van der Waals surface area contributed by atoms with E-state index in [-0.39, 0.29) is 0 Å². The Morgan fingerprint density at radius 1 is 0.328 bits per heavy atom. The fraction of sp³-hybridized carbons (Fsp3) is 0. The second-order valence-corrected chi connectivity index (χ2v) is 15.7. The van der Waals surface area contributed by atoms with Gasteiger partial charge in [-0.05, 0) is 129 Å². The zero-order chi connectivity index (χ0) is 40.3. The lowest BCUT2D eigenvalue weighted by Gasteiger charge is -2.26. The predicted octanol–water partition coefficient (Wildman–Crippen LogP) is 16.3. The van der Waals surface area contributed by atoms with Gasteiger partial charge in [0.1, 0.15) is 11.2 Å². The van der Waals surface area contributed by atoms with Gasteiger partial charge in [0.25, 0.3) is 0 Å². The SMILES string of the molecule is c1cc(-c2ccc(N(c3ccc(-c4ccc5ccccc5c4)cc3)c3ccc(-n4c5ccccc5c5ccccc54)cc3)cc2)cc(-c2cccc3oc4ccccc4c23)c1. The number of anilines is 3. The maximum atomic E-state index is 6.24. The van der Waals surface area contributed by atoms with Crippen molar-refractivity contribution in [3.63, 3.8) is 0 Å². The van der Waals surface area contributed by atoms with Crippen LogP contribution < -0.4 is 4.90 Å². The lowest BCUT2D eigenvalue weighted by atomic mass is 9.96. The van der Waals surface area contributed by atoms with Gasteiger partial charge < -0.3 is 13.9 Å². The van der Waals surface area contributed by atoms with Crippen LogP contribution in [-0.4, -0.2) is 4.57 Å². The molecule has 286 valence electrons. The normalized spacial score (nSPS) is 11.6. The second-order valence-electron chi connectivity index (χ2n) is 15.7. The van der Waals surface area contributed by atoms with E-state index in [9.17, 15) is 0 Å². The van der Waals surface area contributed by atoms with E-state index in [1.54, 1.807) is 0 Å². The Bertz CT molecular complexity index is 3520. The van der Waals surface area contributed by atoms with Crippen LogP contribution in [0, 0.1) is 0 Å². The Morgan fingerprint density at radius 2 is 0.836 bits per heavy atom. The molecule has 0 aliphatic carbocycles. The van der Waals surface area contributed by atoms with Crippen molar-refractivity contribution >= 4 is 71.6 Å². The highest BCUT2D eigenvalue weighted by atomic mass is 16.3. The molecule has 2 aromatic heterocycles. The van der Waals surface area contributed by atoms with E-state index in [1.165, 1.54) is 49.3 Å². The summed E-state index contributed by atoms with van der Waals surface area (Å²) in [7, 11) is 0. The molecule has 0 atom stereocenters. The molecule has 0 N–H and O–H groups in total. The maximum Gasteiger partial charge on any atom is 0.136 e. The molecule has 0 fully saturated rings. The quantitative estimate of drug-likeness (QED) is 0.161. The molecule has 0 bridgehead atoms. The molecule has 0 saturated carbocycles. The molecular formula is C58H38N2O. The maximum absolute atomic E-state index is 6.24. The molecule has 12 aromatic rings. The zero-order valence-electron chi connectivity index (χ0n) is 33.2. The van der Waals surface area contributed by atoms with Crippen molar-refractivity contribution in [2.45, 2.75) is 0 Å². The van der Waals surface area contributed by atoms with Crippen LogP contribution in [0.15, 0.2) is 235 Å². The highest BCUT2D eigenvalue weighted by Crippen LogP contribution is 2.41. The van der Waals surface area contributed by atoms with Crippen LogP contribution in [0.1, 0.15) is 0 Å². The standard InChI is InChI=1S/C58H38N2O/c1-2-12-42-37-44(24-23-39(42)11-1)41-27-31-47(32-28-41)59(48-33-35-49(36-34-48)60-54-19-6-3-15-51(54)52-16-4-7-20-55(52)60)46-29-25-40(26-30-46)43-13-9-14-45(38-43)50-18-10-22-57-58(50)53-17-5-8-21-56(53)61-57/h1-38H. The highest BCUT2D eigenvalue weighted by molar-refractivity contribution is 6.12. The highest BCUT2D eigenvalue weighted by Gasteiger charge is 2.17. The summed E-state index contributed by atoms with van der Waals surface area (Å²) >= 11 is 0. The van der Waals surface area contributed by atoms with Crippen LogP contribution in [0.5, 0.6) is 0 Å². The van der Waals surface area contributed by atoms with E-state index in [4.69, 9.17) is 4.42 Å². The monoisotopic (exact) mass is 778 g/mol. The van der Waals surface area contributed by atoms with Crippen molar-refractivity contribution in [2.75, 3.05) is 4.90 Å².